The van der Waals surface area contributed by atoms with Gasteiger partial charge in [0.15, 0.2) is 28.8 Å². The van der Waals surface area contributed by atoms with Crippen LogP contribution in [0.4, 0.5) is 5.69 Å². The number of ketones is 3. The maximum absolute atomic E-state index is 14.6. The molecule has 1 spiro atoms. The first-order valence-electron chi connectivity index (χ1n) is 12.5. The topological polar surface area (TPSA) is 82.1 Å². The minimum absolute atomic E-state index is 0.188. The number of carbonyl (C=O) groups excluding carboxylic acids is 3. The summed E-state index contributed by atoms with van der Waals surface area (Å²) in [6.07, 6.45) is 3.72. The molecule has 0 unspecified atom stereocenters. The SMILES string of the molecule is COc1ccc([C@@H]2[C@@H](C(C)=O)N3c4ccc(Cl)cc4C=C[C@@H]3C23C(=O)c2ccccc2C3=O)c(OC)c1OC. The van der Waals surface area contributed by atoms with E-state index in [4.69, 9.17) is 25.8 Å². The van der Waals surface area contributed by atoms with Crippen LogP contribution >= 0.6 is 11.6 Å². The summed E-state index contributed by atoms with van der Waals surface area (Å²) < 4.78 is 17.0. The lowest BCUT2D eigenvalue weighted by Crippen LogP contribution is -2.48. The summed E-state index contributed by atoms with van der Waals surface area (Å²) in [5.41, 5.74) is 1.13. The molecule has 3 aliphatic rings. The fourth-order valence-corrected chi connectivity index (χ4v) is 6.99. The minimum Gasteiger partial charge on any atom is -0.493 e. The van der Waals surface area contributed by atoms with Crippen molar-refractivity contribution in [1.82, 2.24) is 0 Å². The van der Waals surface area contributed by atoms with Crippen molar-refractivity contribution in [3.8, 4) is 17.2 Å². The van der Waals surface area contributed by atoms with Gasteiger partial charge in [0, 0.05) is 33.3 Å². The molecule has 0 amide bonds. The lowest BCUT2D eigenvalue weighted by atomic mass is 9.64. The molecule has 7 nitrogen and oxygen atoms in total. The van der Waals surface area contributed by atoms with E-state index in [9.17, 15) is 14.4 Å². The third-order valence-electron chi connectivity index (χ3n) is 8.25. The van der Waals surface area contributed by atoms with Crippen LogP contribution < -0.4 is 19.1 Å². The molecular weight excluding hydrogens is 518 g/mol. The average Bonchev–Trinajstić information content (AvgIpc) is 3.38. The van der Waals surface area contributed by atoms with Crippen molar-refractivity contribution >= 4 is 40.7 Å². The Kier molecular flexibility index (Phi) is 5.81. The van der Waals surface area contributed by atoms with Crippen molar-refractivity contribution in [2.45, 2.75) is 24.9 Å². The Morgan fingerprint density at radius 3 is 2.15 bits per heavy atom. The van der Waals surface area contributed by atoms with Crippen LogP contribution in [0.25, 0.3) is 6.08 Å². The molecule has 39 heavy (non-hydrogen) atoms. The highest BCUT2D eigenvalue weighted by Crippen LogP contribution is 2.62. The Balaban J connectivity index is 1.71. The summed E-state index contributed by atoms with van der Waals surface area (Å²) in [5.74, 6) is -0.659. The molecule has 3 aromatic carbocycles. The first-order valence-corrected chi connectivity index (χ1v) is 12.9. The highest BCUT2D eigenvalue weighted by Gasteiger charge is 2.71. The number of hydrogen-bond acceptors (Lipinski definition) is 7. The maximum Gasteiger partial charge on any atom is 0.203 e. The molecule has 0 N–H and O–H groups in total. The Bertz CT molecular complexity index is 1560. The summed E-state index contributed by atoms with van der Waals surface area (Å²) in [4.78, 5) is 44.7. The first kappa shape index (κ1) is 25.2. The van der Waals surface area contributed by atoms with E-state index in [1.807, 2.05) is 29.2 Å². The molecule has 3 atom stereocenters. The van der Waals surface area contributed by atoms with Gasteiger partial charge in [-0.05, 0) is 36.8 Å². The van der Waals surface area contributed by atoms with Gasteiger partial charge in [0.05, 0.1) is 33.4 Å². The predicted molar refractivity (Wildman–Crippen MR) is 148 cm³/mol. The van der Waals surface area contributed by atoms with Crippen molar-refractivity contribution in [2.24, 2.45) is 5.41 Å². The molecule has 6 rings (SSSR count). The molecule has 0 saturated carbocycles. The summed E-state index contributed by atoms with van der Waals surface area (Å²) in [6, 6.07) is 14.1. The fourth-order valence-electron chi connectivity index (χ4n) is 6.81. The summed E-state index contributed by atoms with van der Waals surface area (Å²) >= 11 is 6.30. The Hall–Kier alpha value is -4.10. The molecule has 0 bridgehead atoms. The van der Waals surface area contributed by atoms with Crippen molar-refractivity contribution in [2.75, 3.05) is 26.2 Å². The average molecular weight is 544 g/mol. The maximum atomic E-state index is 14.6. The van der Waals surface area contributed by atoms with E-state index in [0.29, 0.717) is 39.0 Å². The molecule has 1 aliphatic carbocycles. The van der Waals surface area contributed by atoms with E-state index in [1.165, 1.54) is 28.3 Å². The molecule has 0 radical (unpaired) electrons. The van der Waals surface area contributed by atoms with E-state index >= 15 is 0 Å². The number of hydrogen-bond donors (Lipinski definition) is 0. The molecule has 2 heterocycles. The van der Waals surface area contributed by atoms with Gasteiger partial charge in [-0.2, -0.15) is 0 Å². The highest BCUT2D eigenvalue weighted by molar-refractivity contribution is 6.32. The summed E-state index contributed by atoms with van der Waals surface area (Å²) in [5, 5.41) is 0.545. The van der Waals surface area contributed by atoms with Crippen molar-refractivity contribution in [3.05, 3.63) is 87.9 Å². The summed E-state index contributed by atoms with van der Waals surface area (Å²) in [6.45, 7) is 1.49. The molecular formula is C31H26ClNO6. The molecule has 0 aromatic heterocycles. The number of methoxy groups -OCH3 is 3. The van der Waals surface area contributed by atoms with Gasteiger partial charge < -0.3 is 19.1 Å². The molecule has 1 saturated heterocycles. The zero-order chi connectivity index (χ0) is 27.6. The number of benzene rings is 3. The highest BCUT2D eigenvalue weighted by atomic mass is 35.5. The number of anilines is 1. The number of rotatable bonds is 5. The van der Waals surface area contributed by atoms with Crippen LogP contribution in [-0.2, 0) is 4.79 Å². The molecule has 8 heteroatoms. The number of nitrogens with zero attached hydrogens (tertiary/aromatic N) is 1. The second-order valence-electron chi connectivity index (χ2n) is 9.94. The predicted octanol–water partition coefficient (Wildman–Crippen LogP) is 5.39. The molecule has 198 valence electrons. The van der Waals surface area contributed by atoms with Gasteiger partial charge in [-0.3, -0.25) is 14.4 Å². The van der Waals surface area contributed by atoms with E-state index in [2.05, 4.69) is 0 Å². The largest absolute Gasteiger partial charge is 0.493 e. The van der Waals surface area contributed by atoms with Gasteiger partial charge in [0.2, 0.25) is 5.75 Å². The number of fused-ring (bicyclic) bond motifs is 5. The second-order valence-corrected chi connectivity index (χ2v) is 10.4. The third kappa shape index (κ3) is 3.20. The van der Waals surface area contributed by atoms with Gasteiger partial charge >= 0.3 is 0 Å². The van der Waals surface area contributed by atoms with E-state index in [0.717, 1.165) is 11.3 Å². The monoisotopic (exact) mass is 543 g/mol. The van der Waals surface area contributed by atoms with Crippen molar-refractivity contribution in [1.29, 1.82) is 0 Å². The van der Waals surface area contributed by atoms with Crippen LogP contribution in [0, 0.1) is 5.41 Å². The van der Waals surface area contributed by atoms with Gasteiger partial charge in [0.1, 0.15) is 5.41 Å². The van der Waals surface area contributed by atoms with Crippen LogP contribution in [0.1, 0.15) is 44.7 Å². The normalized spacial score (nSPS) is 22.0. The Labute approximate surface area is 230 Å². The van der Waals surface area contributed by atoms with Gasteiger partial charge in [-0.25, -0.2) is 0 Å². The third-order valence-corrected chi connectivity index (χ3v) is 8.49. The molecule has 3 aromatic rings. The molecule has 2 aliphatic heterocycles. The number of ether oxygens (including phenoxy) is 3. The Morgan fingerprint density at radius 2 is 1.56 bits per heavy atom. The van der Waals surface area contributed by atoms with Crippen LogP contribution in [0.15, 0.2) is 60.7 Å². The fraction of sp³-hybridized carbons (Fsp3) is 0.258. The number of carbonyl (C=O) groups is 3. The summed E-state index contributed by atoms with van der Waals surface area (Å²) in [7, 11) is 4.49. The van der Waals surface area contributed by atoms with Crippen LogP contribution in [0.5, 0.6) is 17.2 Å². The first-order chi connectivity index (χ1) is 18.8. The van der Waals surface area contributed by atoms with E-state index < -0.39 is 23.4 Å². The lowest BCUT2D eigenvalue weighted by Gasteiger charge is -2.37. The smallest absolute Gasteiger partial charge is 0.203 e. The van der Waals surface area contributed by atoms with Crippen LogP contribution in [0.2, 0.25) is 5.02 Å². The second kappa shape index (κ2) is 8.99. The number of Topliss-reactive ketones (excluding diaryl/α,β-unsaturated/α-hetero) is 3. The quantitative estimate of drug-likeness (QED) is 0.399. The van der Waals surface area contributed by atoms with Gasteiger partial charge in [-0.1, -0.05) is 54.1 Å². The van der Waals surface area contributed by atoms with Crippen molar-refractivity contribution < 1.29 is 28.6 Å². The number of halogens is 1. The zero-order valence-electron chi connectivity index (χ0n) is 21.9. The van der Waals surface area contributed by atoms with E-state index in [1.54, 1.807) is 42.5 Å². The standard InChI is InChI=1S/C31H26ClNO6/c1-16(34)26-25(21-11-13-23(37-2)28(39-4)27(21)38-3)31(29(35)19-7-5-6-8-20(19)30(31)36)24-14-9-17-15-18(32)10-12-22(17)33(24)26/h5-15,24-26H,1-4H3/t24-,25-,26-/m1/s1. The van der Waals surface area contributed by atoms with Gasteiger partial charge in [0.25, 0.3) is 0 Å². The van der Waals surface area contributed by atoms with Gasteiger partial charge in [-0.15, -0.1) is 0 Å². The van der Waals surface area contributed by atoms with E-state index in [-0.39, 0.29) is 17.3 Å². The Morgan fingerprint density at radius 1 is 0.897 bits per heavy atom. The lowest BCUT2D eigenvalue weighted by molar-refractivity contribution is -0.118. The molecule has 1 fully saturated rings. The minimum atomic E-state index is -1.62. The van der Waals surface area contributed by atoms with Crippen LogP contribution in [-0.4, -0.2) is 50.8 Å². The van der Waals surface area contributed by atoms with Crippen LogP contribution in [0.3, 0.4) is 0 Å². The van der Waals surface area contributed by atoms with Crippen molar-refractivity contribution in [3.63, 3.8) is 0 Å². The zero-order valence-corrected chi connectivity index (χ0v) is 22.6.